The molecule has 2 heterocycles. The summed E-state index contributed by atoms with van der Waals surface area (Å²) >= 11 is 0. The van der Waals surface area contributed by atoms with Gasteiger partial charge in [0.15, 0.2) is 6.10 Å². The van der Waals surface area contributed by atoms with Gasteiger partial charge in [-0.2, -0.15) is 0 Å². The van der Waals surface area contributed by atoms with Crippen LogP contribution in [0, 0.1) is 5.92 Å². The number of hydrogen-bond acceptors (Lipinski definition) is 6. The third kappa shape index (κ3) is 3.04. The molecule has 0 unspecified atom stereocenters. The number of hydrogen-bond donors (Lipinski definition) is 1. The molecule has 17 heavy (non-hydrogen) atoms. The maximum atomic E-state index is 11.3. The molecule has 6 heteroatoms. The van der Waals surface area contributed by atoms with E-state index in [1.807, 2.05) is 6.92 Å². The summed E-state index contributed by atoms with van der Waals surface area (Å²) in [6, 6.07) is 0. The van der Waals surface area contributed by atoms with Crippen LogP contribution in [0.5, 0.6) is 0 Å². The number of aliphatic hydroxyl groups excluding tert-OH is 1. The predicted molar refractivity (Wildman–Crippen MR) is 54.9 cm³/mol. The van der Waals surface area contributed by atoms with Gasteiger partial charge in [-0.1, -0.05) is 0 Å². The van der Waals surface area contributed by atoms with E-state index in [-0.39, 0.29) is 25.4 Å². The van der Waals surface area contributed by atoms with Crippen molar-refractivity contribution in [2.75, 3.05) is 13.2 Å². The molecule has 4 atom stereocenters. The molecule has 0 spiro atoms. The maximum Gasteiger partial charge on any atom is 0.335 e. The van der Waals surface area contributed by atoms with E-state index >= 15 is 0 Å². The zero-order chi connectivity index (χ0) is 12.4. The normalized spacial score (nSPS) is 36.0. The lowest BCUT2D eigenvalue weighted by molar-refractivity contribution is -0.146. The highest BCUT2D eigenvalue weighted by Gasteiger charge is 2.36. The number of rotatable bonds is 4. The van der Waals surface area contributed by atoms with Crippen molar-refractivity contribution in [1.29, 1.82) is 0 Å². The Morgan fingerprint density at radius 3 is 2.88 bits per heavy atom. The maximum absolute atomic E-state index is 11.3. The molecule has 0 aromatic carbocycles. The highest BCUT2D eigenvalue weighted by molar-refractivity contribution is 5.82. The fraction of sp³-hybridized carbons (Fsp3) is 0.636. The minimum absolute atomic E-state index is 0.00969. The number of esters is 2. The van der Waals surface area contributed by atoms with Crippen molar-refractivity contribution in [3.63, 3.8) is 0 Å². The lowest BCUT2D eigenvalue weighted by Gasteiger charge is -2.09. The first-order valence-corrected chi connectivity index (χ1v) is 5.43. The van der Waals surface area contributed by atoms with Crippen molar-refractivity contribution in [3.8, 4) is 0 Å². The molecule has 6 nitrogen and oxygen atoms in total. The number of aliphatic hydroxyl groups is 1. The third-order valence-corrected chi connectivity index (χ3v) is 2.75. The standard InChI is InChI=1S/C11H14O6/c1-6-8(17-6)2-3-9(12)15-4-7-5-16-11(14)10(7)13/h2-3,6-8,10,13H,4-5H2,1H3/b3-2+/t6-,7-,8+,10+/m1/s1. The van der Waals surface area contributed by atoms with Crippen molar-refractivity contribution in [3.05, 3.63) is 12.2 Å². The average Bonchev–Trinajstić information content (AvgIpc) is 2.92. The summed E-state index contributed by atoms with van der Waals surface area (Å²) in [7, 11) is 0. The van der Waals surface area contributed by atoms with Crippen LogP contribution in [0.1, 0.15) is 6.92 Å². The quantitative estimate of drug-likeness (QED) is 0.403. The van der Waals surface area contributed by atoms with Gasteiger partial charge < -0.3 is 19.3 Å². The minimum atomic E-state index is -1.20. The Bertz CT molecular complexity index is 350. The molecule has 0 aliphatic carbocycles. The predicted octanol–water partition coefficient (Wildman–Crippen LogP) is -0.593. The molecule has 1 N–H and O–H groups in total. The fourth-order valence-electron chi connectivity index (χ4n) is 1.51. The zero-order valence-corrected chi connectivity index (χ0v) is 9.37. The number of ether oxygens (including phenoxy) is 3. The van der Waals surface area contributed by atoms with Crippen LogP contribution in [0.15, 0.2) is 12.2 Å². The van der Waals surface area contributed by atoms with Crippen LogP contribution >= 0.6 is 0 Å². The largest absolute Gasteiger partial charge is 0.463 e. The van der Waals surface area contributed by atoms with E-state index in [1.165, 1.54) is 6.08 Å². The Morgan fingerprint density at radius 1 is 1.65 bits per heavy atom. The first-order valence-electron chi connectivity index (χ1n) is 5.43. The molecule has 2 saturated heterocycles. The molecule has 2 aliphatic rings. The molecular weight excluding hydrogens is 228 g/mol. The lowest BCUT2D eigenvalue weighted by Crippen LogP contribution is -2.26. The monoisotopic (exact) mass is 242 g/mol. The Labute approximate surface area is 98.1 Å². The van der Waals surface area contributed by atoms with E-state index in [1.54, 1.807) is 6.08 Å². The van der Waals surface area contributed by atoms with E-state index in [2.05, 4.69) is 4.74 Å². The smallest absolute Gasteiger partial charge is 0.335 e. The summed E-state index contributed by atoms with van der Waals surface area (Å²) < 4.78 is 14.6. The Morgan fingerprint density at radius 2 is 2.35 bits per heavy atom. The summed E-state index contributed by atoms with van der Waals surface area (Å²) in [6.07, 6.45) is 1.86. The number of carbonyl (C=O) groups excluding carboxylic acids is 2. The summed E-state index contributed by atoms with van der Waals surface area (Å²) in [5.74, 6) is -1.66. The van der Waals surface area contributed by atoms with Crippen LogP contribution < -0.4 is 0 Å². The lowest BCUT2D eigenvalue weighted by atomic mass is 10.1. The molecule has 0 aromatic heterocycles. The minimum Gasteiger partial charge on any atom is -0.463 e. The molecule has 0 aromatic rings. The molecule has 2 fully saturated rings. The number of carbonyl (C=O) groups is 2. The van der Waals surface area contributed by atoms with Crippen molar-refractivity contribution in [1.82, 2.24) is 0 Å². The highest BCUT2D eigenvalue weighted by Crippen LogP contribution is 2.22. The van der Waals surface area contributed by atoms with E-state index in [4.69, 9.17) is 9.47 Å². The zero-order valence-electron chi connectivity index (χ0n) is 9.37. The average molecular weight is 242 g/mol. The Hall–Kier alpha value is -1.40. The van der Waals surface area contributed by atoms with Gasteiger partial charge in [-0.15, -0.1) is 0 Å². The highest BCUT2D eigenvalue weighted by atomic mass is 16.6. The molecule has 0 bridgehead atoms. The van der Waals surface area contributed by atoms with Crippen molar-refractivity contribution >= 4 is 11.9 Å². The van der Waals surface area contributed by atoms with Gasteiger partial charge in [-0.05, 0) is 13.0 Å². The van der Waals surface area contributed by atoms with Gasteiger partial charge >= 0.3 is 11.9 Å². The van der Waals surface area contributed by atoms with Gasteiger partial charge in [-0.25, -0.2) is 9.59 Å². The first kappa shape index (κ1) is 12.1. The van der Waals surface area contributed by atoms with Gasteiger partial charge in [0.2, 0.25) is 0 Å². The van der Waals surface area contributed by atoms with Crippen LogP contribution in [0.3, 0.4) is 0 Å². The Balaban J connectivity index is 1.69. The topological polar surface area (TPSA) is 85.4 Å². The number of cyclic esters (lactones) is 1. The molecule has 0 saturated carbocycles. The summed E-state index contributed by atoms with van der Waals surface area (Å²) in [5.41, 5.74) is 0. The van der Waals surface area contributed by atoms with Crippen molar-refractivity contribution in [2.45, 2.75) is 25.2 Å². The second-order valence-electron chi connectivity index (χ2n) is 4.13. The van der Waals surface area contributed by atoms with E-state index in [0.29, 0.717) is 0 Å². The van der Waals surface area contributed by atoms with E-state index in [9.17, 15) is 14.7 Å². The van der Waals surface area contributed by atoms with Crippen molar-refractivity contribution in [2.24, 2.45) is 5.92 Å². The van der Waals surface area contributed by atoms with Gasteiger partial charge in [0, 0.05) is 6.08 Å². The SMILES string of the molecule is C[C@H]1O[C@H]1/C=C/C(=O)OC[C@@H]1COC(=O)[C@H]1O. The number of epoxide rings is 1. The molecule has 0 amide bonds. The Kier molecular flexibility index (Phi) is 3.44. The van der Waals surface area contributed by atoms with Crippen LogP contribution in [-0.2, 0) is 23.8 Å². The molecule has 2 rings (SSSR count). The van der Waals surface area contributed by atoms with Crippen LogP contribution in [0.2, 0.25) is 0 Å². The van der Waals surface area contributed by atoms with Gasteiger partial charge in [0.1, 0.15) is 19.3 Å². The molecule has 94 valence electrons. The molecule has 0 radical (unpaired) electrons. The second-order valence-corrected chi connectivity index (χ2v) is 4.13. The molecular formula is C11H14O6. The summed E-state index contributed by atoms with van der Waals surface area (Å²) in [6.45, 7) is 1.95. The van der Waals surface area contributed by atoms with Gasteiger partial charge in [0.05, 0.1) is 12.0 Å². The first-order chi connectivity index (χ1) is 8.08. The van der Waals surface area contributed by atoms with Crippen LogP contribution in [-0.4, -0.2) is 48.6 Å². The van der Waals surface area contributed by atoms with E-state index < -0.39 is 24.0 Å². The third-order valence-electron chi connectivity index (χ3n) is 2.75. The van der Waals surface area contributed by atoms with Crippen LogP contribution in [0.4, 0.5) is 0 Å². The molecule has 2 aliphatic heterocycles. The van der Waals surface area contributed by atoms with Gasteiger partial charge in [-0.3, -0.25) is 0 Å². The second kappa shape index (κ2) is 4.85. The van der Waals surface area contributed by atoms with Crippen molar-refractivity contribution < 1.29 is 28.9 Å². The van der Waals surface area contributed by atoms with Crippen LogP contribution in [0.25, 0.3) is 0 Å². The van der Waals surface area contributed by atoms with Gasteiger partial charge in [0.25, 0.3) is 0 Å². The van der Waals surface area contributed by atoms with E-state index in [0.717, 1.165) is 0 Å². The summed E-state index contributed by atoms with van der Waals surface area (Å²) in [4.78, 5) is 22.1. The summed E-state index contributed by atoms with van der Waals surface area (Å²) in [5, 5.41) is 9.33. The fourth-order valence-corrected chi connectivity index (χ4v) is 1.51.